The summed E-state index contributed by atoms with van der Waals surface area (Å²) in [6.45, 7) is 13.7. The molecule has 0 aliphatic carbocycles. The number of piperidine rings is 1. The summed E-state index contributed by atoms with van der Waals surface area (Å²) in [5, 5.41) is 0. The molecule has 0 radical (unpaired) electrons. The molecule has 4 nitrogen and oxygen atoms in total. The van der Waals surface area contributed by atoms with Crippen LogP contribution in [0.3, 0.4) is 0 Å². The molecule has 15 heavy (non-hydrogen) atoms. The number of hydrogen-bond donors (Lipinski definition) is 0. The van der Waals surface area contributed by atoms with Crippen LogP contribution >= 0.6 is 0 Å². The summed E-state index contributed by atoms with van der Waals surface area (Å²) in [6.07, 6.45) is 1.49. The summed E-state index contributed by atoms with van der Waals surface area (Å²) in [5.41, 5.74) is -0.456. The van der Waals surface area contributed by atoms with Crippen LogP contribution in [-0.2, 0) is 4.74 Å². The first-order valence-electron chi connectivity index (χ1n) is 5.27. The van der Waals surface area contributed by atoms with E-state index in [0.29, 0.717) is 13.1 Å². The van der Waals surface area contributed by atoms with Crippen LogP contribution in [0.4, 0.5) is 4.79 Å². The van der Waals surface area contributed by atoms with Gasteiger partial charge in [0.05, 0.1) is 6.54 Å². The molecule has 1 rings (SSSR count). The third-order valence-corrected chi connectivity index (χ3v) is 2.23. The number of hydrogen-bond acceptors (Lipinski definition) is 2. The normalized spacial score (nSPS) is 22.0. The van der Waals surface area contributed by atoms with Crippen molar-refractivity contribution in [1.29, 1.82) is 0 Å². The van der Waals surface area contributed by atoms with Gasteiger partial charge in [-0.15, -0.1) is 0 Å². The minimum absolute atomic E-state index is 0.0498. The summed E-state index contributed by atoms with van der Waals surface area (Å²) < 4.78 is 5.25. The van der Waals surface area contributed by atoms with Crippen LogP contribution in [0, 0.1) is 6.57 Å². The first-order valence-corrected chi connectivity index (χ1v) is 5.27. The van der Waals surface area contributed by atoms with E-state index in [-0.39, 0.29) is 12.1 Å². The van der Waals surface area contributed by atoms with Crippen LogP contribution in [0.5, 0.6) is 0 Å². The fraction of sp³-hybridized carbons (Fsp3) is 0.818. The Morgan fingerprint density at radius 1 is 1.53 bits per heavy atom. The molecule has 1 aliphatic heterocycles. The fourth-order valence-electron chi connectivity index (χ4n) is 1.55. The third-order valence-electron chi connectivity index (χ3n) is 2.23. The van der Waals surface area contributed by atoms with Crippen LogP contribution < -0.4 is 0 Å². The molecular formula is C11H18N2O2. The van der Waals surface area contributed by atoms with Crippen LogP contribution in [-0.4, -0.2) is 35.7 Å². The smallest absolute Gasteiger partial charge is 0.410 e. The molecule has 84 valence electrons. The number of likely N-dealkylation sites (tertiary alicyclic amines) is 1. The minimum Gasteiger partial charge on any atom is -0.444 e. The van der Waals surface area contributed by atoms with Crippen molar-refractivity contribution in [2.45, 2.75) is 45.3 Å². The van der Waals surface area contributed by atoms with Crippen molar-refractivity contribution in [2.24, 2.45) is 0 Å². The highest BCUT2D eigenvalue weighted by Gasteiger charge is 2.29. The summed E-state index contributed by atoms with van der Waals surface area (Å²) in [5.74, 6) is 0. The van der Waals surface area contributed by atoms with E-state index in [9.17, 15) is 4.79 Å². The highest BCUT2D eigenvalue weighted by atomic mass is 16.6. The Balaban J connectivity index is 2.50. The topological polar surface area (TPSA) is 33.9 Å². The zero-order valence-corrected chi connectivity index (χ0v) is 9.62. The molecule has 1 heterocycles. The van der Waals surface area contributed by atoms with E-state index in [4.69, 9.17) is 11.3 Å². The Kier molecular flexibility index (Phi) is 3.57. The number of carbonyl (C=O) groups is 1. The zero-order valence-electron chi connectivity index (χ0n) is 9.62. The van der Waals surface area contributed by atoms with Crippen molar-refractivity contribution < 1.29 is 9.53 Å². The molecule has 0 bridgehead atoms. The number of amides is 1. The maximum atomic E-state index is 11.7. The molecule has 1 amide bonds. The van der Waals surface area contributed by atoms with Gasteiger partial charge in [0.15, 0.2) is 0 Å². The third kappa shape index (κ3) is 3.78. The Bertz CT molecular complexity index is 275. The molecule has 0 spiro atoms. The maximum Gasteiger partial charge on any atom is 0.410 e. The lowest BCUT2D eigenvalue weighted by atomic mass is 10.1. The van der Waals surface area contributed by atoms with Crippen molar-refractivity contribution >= 4 is 6.09 Å². The quantitative estimate of drug-likeness (QED) is 0.575. The zero-order chi connectivity index (χ0) is 11.5. The predicted molar refractivity (Wildman–Crippen MR) is 57.4 cm³/mol. The van der Waals surface area contributed by atoms with Crippen molar-refractivity contribution in [3.63, 3.8) is 0 Å². The van der Waals surface area contributed by atoms with E-state index in [2.05, 4.69) is 4.85 Å². The lowest BCUT2D eigenvalue weighted by Gasteiger charge is -2.30. The van der Waals surface area contributed by atoms with E-state index in [1.54, 1.807) is 4.90 Å². The van der Waals surface area contributed by atoms with Crippen molar-refractivity contribution in [3.05, 3.63) is 11.4 Å². The SMILES string of the molecule is [C-]#[N+]C1CCCN(C(=O)OC(C)(C)C)C1. The van der Waals surface area contributed by atoms with Crippen LogP contribution in [0.1, 0.15) is 33.6 Å². The molecule has 1 saturated heterocycles. The Labute approximate surface area is 91.0 Å². The molecule has 1 unspecified atom stereocenters. The Morgan fingerprint density at radius 2 is 2.20 bits per heavy atom. The molecule has 0 N–H and O–H groups in total. The van der Waals surface area contributed by atoms with E-state index in [1.807, 2.05) is 20.8 Å². The van der Waals surface area contributed by atoms with E-state index in [0.717, 1.165) is 12.8 Å². The highest BCUT2D eigenvalue weighted by Crippen LogP contribution is 2.16. The van der Waals surface area contributed by atoms with Crippen molar-refractivity contribution in [1.82, 2.24) is 4.90 Å². The van der Waals surface area contributed by atoms with Gasteiger partial charge in [0.1, 0.15) is 5.60 Å². The van der Waals surface area contributed by atoms with Crippen LogP contribution in [0.15, 0.2) is 0 Å². The van der Waals surface area contributed by atoms with Gasteiger partial charge in [0, 0.05) is 13.0 Å². The minimum atomic E-state index is -0.456. The lowest BCUT2D eigenvalue weighted by molar-refractivity contribution is 0.0210. The molecule has 0 saturated carbocycles. The van der Waals surface area contributed by atoms with E-state index in [1.165, 1.54) is 0 Å². The molecule has 0 aromatic heterocycles. The van der Waals surface area contributed by atoms with Crippen LogP contribution in [0.25, 0.3) is 4.85 Å². The molecular weight excluding hydrogens is 192 g/mol. The van der Waals surface area contributed by atoms with Gasteiger partial charge in [-0.05, 0) is 27.2 Å². The van der Waals surface area contributed by atoms with Crippen LogP contribution in [0.2, 0.25) is 0 Å². The van der Waals surface area contributed by atoms with Crippen molar-refractivity contribution in [3.8, 4) is 0 Å². The van der Waals surface area contributed by atoms with Crippen molar-refractivity contribution in [2.75, 3.05) is 13.1 Å². The molecule has 1 fully saturated rings. The summed E-state index contributed by atoms with van der Waals surface area (Å²) >= 11 is 0. The Morgan fingerprint density at radius 3 is 2.73 bits per heavy atom. The predicted octanol–water partition coefficient (Wildman–Crippen LogP) is 2.31. The summed E-state index contributed by atoms with van der Waals surface area (Å²) in [6, 6.07) is -0.0498. The fourth-order valence-corrected chi connectivity index (χ4v) is 1.55. The lowest BCUT2D eigenvalue weighted by Crippen LogP contribution is -2.43. The first kappa shape index (κ1) is 11.8. The Hall–Kier alpha value is -1.24. The number of ether oxygens (including phenoxy) is 1. The summed E-state index contributed by atoms with van der Waals surface area (Å²) in [4.78, 5) is 16.8. The molecule has 1 aliphatic rings. The van der Waals surface area contributed by atoms with E-state index >= 15 is 0 Å². The first-order chi connectivity index (χ1) is 6.92. The monoisotopic (exact) mass is 210 g/mol. The molecule has 4 heteroatoms. The van der Waals surface area contributed by atoms with Gasteiger partial charge in [-0.2, -0.15) is 0 Å². The second-order valence-corrected chi connectivity index (χ2v) is 4.85. The maximum absolute atomic E-state index is 11.7. The van der Waals surface area contributed by atoms with E-state index < -0.39 is 5.60 Å². The molecule has 0 aromatic carbocycles. The second-order valence-electron chi connectivity index (χ2n) is 4.85. The average molecular weight is 210 g/mol. The van der Waals surface area contributed by atoms with Gasteiger partial charge in [0.25, 0.3) is 0 Å². The summed E-state index contributed by atoms with van der Waals surface area (Å²) in [7, 11) is 0. The average Bonchev–Trinajstić information content (AvgIpc) is 2.15. The molecule has 1 atom stereocenters. The standard InChI is InChI=1S/C11H18N2O2/c1-11(2,3)15-10(14)13-7-5-6-9(8-13)12-4/h9H,5-8H2,1-3H3. The highest BCUT2D eigenvalue weighted by molar-refractivity contribution is 5.68. The van der Waals surface area contributed by atoms with Gasteiger partial charge in [-0.1, -0.05) is 0 Å². The van der Waals surface area contributed by atoms with Gasteiger partial charge >= 0.3 is 6.09 Å². The molecule has 0 aromatic rings. The van der Waals surface area contributed by atoms with Gasteiger partial charge in [-0.25, -0.2) is 11.4 Å². The number of rotatable bonds is 0. The van der Waals surface area contributed by atoms with Gasteiger partial charge in [0.2, 0.25) is 6.04 Å². The number of nitrogens with zero attached hydrogens (tertiary/aromatic N) is 2. The van der Waals surface area contributed by atoms with Gasteiger partial charge in [-0.3, -0.25) is 0 Å². The van der Waals surface area contributed by atoms with Gasteiger partial charge < -0.3 is 14.5 Å². The largest absolute Gasteiger partial charge is 0.444 e. The second kappa shape index (κ2) is 4.52. The number of carbonyl (C=O) groups excluding carboxylic acids is 1.